The fourth-order valence-electron chi connectivity index (χ4n) is 1.54. The fourth-order valence-corrected chi connectivity index (χ4v) is 1.54. The van der Waals surface area contributed by atoms with E-state index in [1.165, 1.54) is 6.92 Å². The van der Waals surface area contributed by atoms with Gasteiger partial charge in [0.25, 0.3) is 0 Å². The van der Waals surface area contributed by atoms with Crippen LogP contribution in [0.25, 0.3) is 0 Å². The van der Waals surface area contributed by atoms with Gasteiger partial charge in [0.05, 0.1) is 25.9 Å². The Morgan fingerprint density at radius 1 is 1.10 bits per heavy atom. The number of carbonyl (C=O) groups excluding carboxylic acids is 1. The number of rotatable bonds is 10. The average Bonchev–Trinajstić information content (AvgIpc) is 2.45. The van der Waals surface area contributed by atoms with Gasteiger partial charge in [0.1, 0.15) is 6.10 Å². The normalized spacial score (nSPS) is 12.4. The summed E-state index contributed by atoms with van der Waals surface area (Å²) in [5.41, 5.74) is 1.10. The second kappa shape index (κ2) is 10.3. The third kappa shape index (κ3) is 9.18. The van der Waals surface area contributed by atoms with Crippen molar-refractivity contribution in [2.75, 3.05) is 20.0 Å². The molecule has 0 amide bonds. The SMILES string of the molecule is CC(=O)OCOC(COCc1ccccc1)COC(C)C. The Hall–Kier alpha value is -1.43. The summed E-state index contributed by atoms with van der Waals surface area (Å²) in [6.45, 7) is 6.44. The Bertz CT molecular complexity index is 391. The maximum absolute atomic E-state index is 10.7. The number of ether oxygens (including phenoxy) is 4. The van der Waals surface area contributed by atoms with E-state index in [9.17, 15) is 4.79 Å². The molecule has 0 radical (unpaired) electrons. The van der Waals surface area contributed by atoms with E-state index < -0.39 is 0 Å². The molecule has 1 unspecified atom stereocenters. The molecule has 0 spiro atoms. The predicted molar refractivity (Wildman–Crippen MR) is 78.7 cm³/mol. The van der Waals surface area contributed by atoms with Crippen molar-refractivity contribution in [3.8, 4) is 0 Å². The van der Waals surface area contributed by atoms with E-state index in [-0.39, 0.29) is 25.0 Å². The molecule has 5 heteroatoms. The van der Waals surface area contributed by atoms with E-state index in [4.69, 9.17) is 18.9 Å². The third-order valence-electron chi connectivity index (χ3n) is 2.60. The molecule has 0 aliphatic rings. The molecule has 0 fully saturated rings. The lowest BCUT2D eigenvalue weighted by Gasteiger charge is -2.19. The third-order valence-corrected chi connectivity index (χ3v) is 2.60. The summed E-state index contributed by atoms with van der Waals surface area (Å²) in [5.74, 6) is -0.372. The molecular formula is C16H24O5. The second-order valence-electron chi connectivity index (χ2n) is 4.93. The Labute approximate surface area is 126 Å². The highest BCUT2D eigenvalue weighted by Crippen LogP contribution is 2.04. The summed E-state index contributed by atoms with van der Waals surface area (Å²) in [6, 6.07) is 9.90. The minimum atomic E-state index is -0.372. The van der Waals surface area contributed by atoms with Gasteiger partial charge in [-0.2, -0.15) is 0 Å². The first kappa shape index (κ1) is 17.6. The number of esters is 1. The van der Waals surface area contributed by atoms with Gasteiger partial charge in [-0.1, -0.05) is 30.3 Å². The van der Waals surface area contributed by atoms with Crippen LogP contribution >= 0.6 is 0 Å². The van der Waals surface area contributed by atoms with Crippen LogP contribution in [0, 0.1) is 0 Å². The minimum Gasteiger partial charge on any atom is -0.439 e. The van der Waals surface area contributed by atoms with E-state index in [2.05, 4.69) is 0 Å². The summed E-state index contributed by atoms with van der Waals surface area (Å²) >= 11 is 0. The average molecular weight is 296 g/mol. The van der Waals surface area contributed by atoms with Crippen molar-refractivity contribution < 1.29 is 23.7 Å². The fraction of sp³-hybridized carbons (Fsp3) is 0.562. The molecule has 0 N–H and O–H groups in total. The highest BCUT2D eigenvalue weighted by Gasteiger charge is 2.12. The molecule has 0 aromatic heterocycles. The molecule has 5 nitrogen and oxygen atoms in total. The van der Waals surface area contributed by atoms with E-state index >= 15 is 0 Å². The van der Waals surface area contributed by atoms with E-state index in [0.717, 1.165) is 5.56 Å². The molecule has 1 atom stereocenters. The van der Waals surface area contributed by atoms with Crippen molar-refractivity contribution in [1.82, 2.24) is 0 Å². The van der Waals surface area contributed by atoms with Crippen molar-refractivity contribution in [1.29, 1.82) is 0 Å². The molecule has 0 aliphatic carbocycles. The predicted octanol–water partition coefficient (Wildman–Crippen LogP) is 2.53. The Morgan fingerprint density at radius 3 is 2.43 bits per heavy atom. The van der Waals surface area contributed by atoms with Crippen LogP contribution < -0.4 is 0 Å². The summed E-state index contributed by atoms with van der Waals surface area (Å²) in [4.78, 5) is 10.7. The molecule has 0 saturated heterocycles. The minimum absolute atomic E-state index is 0.0872. The lowest BCUT2D eigenvalue weighted by Crippen LogP contribution is -2.28. The van der Waals surface area contributed by atoms with Crippen LogP contribution in [0.2, 0.25) is 0 Å². The topological polar surface area (TPSA) is 54.0 Å². The summed E-state index contributed by atoms with van der Waals surface area (Å²) in [6.07, 6.45) is -0.158. The van der Waals surface area contributed by atoms with Crippen LogP contribution in [0.3, 0.4) is 0 Å². The molecule has 1 aromatic carbocycles. The Morgan fingerprint density at radius 2 is 1.81 bits per heavy atom. The first-order valence-electron chi connectivity index (χ1n) is 7.06. The maximum Gasteiger partial charge on any atom is 0.304 e. The van der Waals surface area contributed by atoms with Gasteiger partial charge in [-0.15, -0.1) is 0 Å². The Balaban J connectivity index is 2.31. The van der Waals surface area contributed by atoms with Crippen LogP contribution in [-0.2, 0) is 30.3 Å². The number of hydrogen-bond donors (Lipinski definition) is 0. The van der Waals surface area contributed by atoms with Crippen molar-refractivity contribution >= 4 is 5.97 Å². The van der Waals surface area contributed by atoms with Crippen molar-refractivity contribution in [2.24, 2.45) is 0 Å². The van der Waals surface area contributed by atoms with Crippen LogP contribution in [0.15, 0.2) is 30.3 Å². The standard InChI is InChI=1S/C16H24O5/c1-13(2)19-11-16(21-12-20-14(3)17)10-18-9-15-7-5-4-6-8-15/h4-8,13,16H,9-12H2,1-3H3. The van der Waals surface area contributed by atoms with Gasteiger partial charge in [0.2, 0.25) is 0 Å². The molecule has 21 heavy (non-hydrogen) atoms. The molecule has 118 valence electrons. The molecular weight excluding hydrogens is 272 g/mol. The second-order valence-corrected chi connectivity index (χ2v) is 4.93. The van der Waals surface area contributed by atoms with Crippen LogP contribution in [0.4, 0.5) is 0 Å². The zero-order valence-corrected chi connectivity index (χ0v) is 12.9. The van der Waals surface area contributed by atoms with Crippen LogP contribution in [-0.4, -0.2) is 38.2 Å². The Kier molecular flexibility index (Phi) is 8.66. The highest BCUT2D eigenvalue weighted by atomic mass is 16.7. The van der Waals surface area contributed by atoms with Gasteiger partial charge in [-0.05, 0) is 19.4 Å². The lowest BCUT2D eigenvalue weighted by molar-refractivity contribution is -0.167. The van der Waals surface area contributed by atoms with Crippen LogP contribution in [0.5, 0.6) is 0 Å². The lowest BCUT2D eigenvalue weighted by atomic mass is 10.2. The number of benzene rings is 1. The number of carbonyl (C=O) groups is 1. The van der Waals surface area contributed by atoms with Gasteiger partial charge in [0.15, 0.2) is 6.79 Å². The van der Waals surface area contributed by atoms with Gasteiger partial charge in [0, 0.05) is 6.92 Å². The first-order chi connectivity index (χ1) is 10.1. The molecule has 1 aromatic rings. The quantitative estimate of drug-likeness (QED) is 0.490. The van der Waals surface area contributed by atoms with Gasteiger partial charge in [-0.25, -0.2) is 0 Å². The van der Waals surface area contributed by atoms with Crippen molar-refractivity contribution in [3.63, 3.8) is 0 Å². The zero-order valence-electron chi connectivity index (χ0n) is 12.9. The van der Waals surface area contributed by atoms with Crippen molar-refractivity contribution in [3.05, 3.63) is 35.9 Å². The van der Waals surface area contributed by atoms with Crippen molar-refractivity contribution in [2.45, 2.75) is 39.6 Å². The van der Waals surface area contributed by atoms with Gasteiger partial charge in [-0.3, -0.25) is 4.79 Å². The van der Waals surface area contributed by atoms with Crippen LogP contribution in [0.1, 0.15) is 26.3 Å². The smallest absolute Gasteiger partial charge is 0.304 e. The molecule has 0 saturated carbocycles. The maximum atomic E-state index is 10.7. The van der Waals surface area contributed by atoms with E-state index in [1.54, 1.807) is 0 Å². The summed E-state index contributed by atoms with van der Waals surface area (Å²) in [5, 5.41) is 0. The largest absolute Gasteiger partial charge is 0.439 e. The summed E-state index contributed by atoms with van der Waals surface area (Å²) < 4.78 is 21.4. The zero-order chi connectivity index (χ0) is 15.5. The molecule has 0 heterocycles. The number of hydrogen-bond acceptors (Lipinski definition) is 5. The first-order valence-corrected chi connectivity index (χ1v) is 7.06. The van der Waals surface area contributed by atoms with E-state index in [0.29, 0.717) is 19.8 Å². The molecule has 1 rings (SSSR count). The van der Waals surface area contributed by atoms with Gasteiger partial charge >= 0.3 is 5.97 Å². The van der Waals surface area contributed by atoms with E-state index in [1.807, 2.05) is 44.2 Å². The highest BCUT2D eigenvalue weighted by molar-refractivity contribution is 5.65. The van der Waals surface area contributed by atoms with Gasteiger partial charge < -0.3 is 18.9 Å². The molecule has 0 aliphatic heterocycles. The molecule has 0 bridgehead atoms. The summed E-state index contributed by atoms with van der Waals surface area (Å²) in [7, 11) is 0. The monoisotopic (exact) mass is 296 g/mol.